The van der Waals surface area contributed by atoms with Crippen LogP contribution in [0.5, 0.6) is 0 Å². The van der Waals surface area contributed by atoms with E-state index in [0.29, 0.717) is 6.04 Å². The molecule has 1 aliphatic rings. The molecule has 6 heteroatoms. The molecule has 1 aliphatic heterocycles. The molecule has 31 heavy (non-hydrogen) atoms. The van der Waals surface area contributed by atoms with Crippen molar-refractivity contribution in [3.63, 3.8) is 0 Å². The number of nitrogens with zero attached hydrogens (tertiary/aromatic N) is 6. The molecule has 4 aromatic rings. The Morgan fingerprint density at radius 3 is 2.26 bits per heavy atom. The molecule has 0 radical (unpaired) electrons. The molecule has 0 aliphatic carbocycles. The first kappa shape index (κ1) is 19.5. The molecule has 2 aromatic heterocycles. The van der Waals surface area contributed by atoms with Crippen LogP contribution in [0.4, 0.5) is 11.5 Å². The van der Waals surface area contributed by atoms with Gasteiger partial charge in [0, 0.05) is 47.8 Å². The van der Waals surface area contributed by atoms with Crippen LogP contribution in [-0.4, -0.2) is 45.7 Å². The molecule has 1 fully saturated rings. The van der Waals surface area contributed by atoms with Gasteiger partial charge in [-0.15, -0.1) is 10.2 Å². The zero-order chi connectivity index (χ0) is 21.5. The summed E-state index contributed by atoms with van der Waals surface area (Å²) in [6.07, 6.45) is 0. The van der Waals surface area contributed by atoms with Crippen molar-refractivity contribution >= 4 is 22.3 Å². The van der Waals surface area contributed by atoms with E-state index in [-0.39, 0.29) is 0 Å². The van der Waals surface area contributed by atoms with Gasteiger partial charge in [-0.2, -0.15) is 5.10 Å². The van der Waals surface area contributed by atoms with Gasteiger partial charge >= 0.3 is 0 Å². The lowest BCUT2D eigenvalue weighted by atomic mass is 10.1. The maximum atomic E-state index is 4.70. The van der Waals surface area contributed by atoms with E-state index in [1.165, 1.54) is 11.3 Å². The van der Waals surface area contributed by atoms with Gasteiger partial charge < -0.3 is 9.80 Å². The number of aromatic nitrogens is 4. The fourth-order valence-electron chi connectivity index (χ4n) is 4.65. The lowest BCUT2D eigenvalue weighted by molar-refractivity contribution is 0.546. The first-order chi connectivity index (χ1) is 15.0. The van der Waals surface area contributed by atoms with Crippen LogP contribution in [0.2, 0.25) is 0 Å². The van der Waals surface area contributed by atoms with Crippen LogP contribution >= 0.6 is 0 Å². The molecule has 5 rings (SSSR count). The number of hydrogen-bond acceptors (Lipinski definition) is 5. The average Bonchev–Trinajstić information content (AvgIpc) is 3.10. The van der Waals surface area contributed by atoms with Gasteiger partial charge in [-0.3, -0.25) is 0 Å². The highest BCUT2D eigenvalue weighted by atomic mass is 15.4. The molecule has 0 amide bonds. The molecule has 3 heterocycles. The van der Waals surface area contributed by atoms with E-state index in [1.807, 2.05) is 11.6 Å². The number of benzene rings is 2. The van der Waals surface area contributed by atoms with E-state index in [9.17, 15) is 0 Å². The van der Waals surface area contributed by atoms with Crippen molar-refractivity contribution in [3.8, 4) is 5.82 Å². The summed E-state index contributed by atoms with van der Waals surface area (Å²) in [6, 6.07) is 19.6. The summed E-state index contributed by atoms with van der Waals surface area (Å²) in [7, 11) is 0. The minimum atomic E-state index is 0.381. The predicted molar refractivity (Wildman–Crippen MR) is 126 cm³/mol. The van der Waals surface area contributed by atoms with Crippen molar-refractivity contribution in [1.29, 1.82) is 0 Å². The van der Waals surface area contributed by atoms with Gasteiger partial charge in [-0.05, 0) is 51.5 Å². The molecular formula is C25H28N6. The lowest BCUT2D eigenvalue weighted by Crippen LogP contribution is -2.52. The highest BCUT2D eigenvalue weighted by Gasteiger charge is 2.27. The van der Waals surface area contributed by atoms with Crippen molar-refractivity contribution in [1.82, 2.24) is 20.0 Å². The molecular weight excluding hydrogens is 384 g/mol. The fourth-order valence-corrected chi connectivity index (χ4v) is 4.65. The molecule has 1 atom stereocenters. The number of hydrogen-bond donors (Lipinski definition) is 0. The first-order valence-electron chi connectivity index (χ1n) is 10.9. The zero-order valence-electron chi connectivity index (χ0n) is 18.6. The molecule has 158 valence electrons. The van der Waals surface area contributed by atoms with E-state index < -0.39 is 0 Å². The normalized spacial score (nSPS) is 16.8. The topological polar surface area (TPSA) is 50.1 Å². The van der Waals surface area contributed by atoms with Gasteiger partial charge in [0.2, 0.25) is 0 Å². The third-order valence-corrected chi connectivity index (χ3v) is 6.12. The van der Waals surface area contributed by atoms with Crippen molar-refractivity contribution in [2.75, 3.05) is 29.4 Å². The molecule has 6 nitrogen and oxygen atoms in total. The number of piperazine rings is 1. The van der Waals surface area contributed by atoms with Crippen molar-refractivity contribution in [2.45, 2.75) is 33.7 Å². The van der Waals surface area contributed by atoms with E-state index in [2.05, 4.69) is 95.4 Å². The summed E-state index contributed by atoms with van der Waals surface area (Å²) in [4.78, 5) is 4.86. The van der Waals surface area contributed by atoms with Gasteiger partial charge in [0.1, 0.15) is 0 Å². The van der Waals surface area contributed by atoms with Crippen molar-refractivity contribution in [3.05, 3.63) is 71.5 Å². The predicted octanol–water partition coefficient (Wildman–Crippen LogP) is 4.46. The largest absolute Gasteiger partial charge is 0.365 e. The Labute approximate surface area is 183 Å². The Hall–Kier alpha value is -3.41. The van der Waals surface area contributed by atoms with Crippen LogP contribution < -0.4 is 9.80 Å². The van der Waals surface area contributed by atoms with Gasteiger partial charge in [0.05, 0.1) is 5.69 Å². The molecule has 0 bridgehead atoms. The fraction of sp³-hybridized carbons (Fsp3) is 0.320. The number of fused-ring (bicyclic) bond motifs is 1. The first-order valence-corrected chi connectivity index (χ1v) is 10.9. The maximum absolute atomic E-state index is 4.70. The zero-order valence-corrected chi connectivity index (χ0v) is 18.6. The number of aryl methyl sites for hydroxylation is 3. The van der Waals surface area contributed by atoms with Crippen LogP contribution in [0.15, 0.2) is 54.6 Å². The highest BCUT2D eigenvalue weighted by molar-refractivity contribution is 5.96. The summed E-state index contributed by atoms with van der Waals surface area (Å²) in [6.45, 7) is 11.3. The summed E-state index contributed by atoms with van der Waals surface area (Å²) in [5.41, 5.74) is 4.63. The Kier molecular flexibility index (Phi) is 4.85. The third-order valence-electron chi connectivity index (χ3n) is 6.12. The van der Waals surface area contributed by atoms with Gasteiger partial charge in [-0.1, -0.05) is 36.4 Å². The van der Waals surface area contributed by atoms with E-state index >= 15 is 0 Å². The van der Waals surface area contributed by atoms with Crippen LogP contribution in [0, 0.1) is 20.8 Å². The minimum Gasteiger partial charge on any atom is -0.365 e. The molecule has 1 saturated heterocycles. The maximum Gasteiger partial charge on any atom is 0.183 e. The molecule has 0 saturated carbocycles. The van der Waals surface area contributed by atoms with E-state index in [0.717, 1.165) is 53.4 Å². The quantitative estimate of drug-likeness (QED) is 0.497. The Balaban J connectivity index is 1.49. The molecule has 0 spiro atoms. The van der Waals surface area contributed by atoms with Crippen LogP contribution in [-0.2, 0) is 0 Å². The highest BCUT2D eigenvalue weighted by Crippen LogP contribution is 2.30. The molecule has 0 N–H and O–H groups in total. The summed E-state index contributed by atoms with van der Waals surface area (Å²) in [5.74, 6) is 1.74. The Morgan fingerprint density at radius 1 is 0.839 bits per heavy atom. The van der Waals surface area contributed by atoms with E-state index in [4.69, 9.17) is 5.10 Å². The second kappa shape index (κ2) is 7.69. The lowest BCUT2D eigenvalue weighted by Gasteiger charge is -2.42. The van der Waals surface area contributed by atoms with Crippen LogP contribution in [0.25, 0.3) is 16.6 Å². The SMILES string of the molecule is Cc1cccc(N2CCN(c3nnc(-n4nc(C)cc4C)c4ccccc34)C[C@H]2C)c1. The van der Waals surface area contributed by atoms with Gasteiger partial charge in [0.15, 0.2) is 11.6 Å². The van der Waals surface area contributed by atoms with Crippen molar-refractivity contribution in [2.24, 2.45) is 0 Å². The third kappa shape index (κ3) is 3.52. The standard InChI is InChI=1S/C25H28N6/c1-17-8-7-9-21(14-17)30-13-12-29(16-20(30)4)24-22-10-5-6-11-23(22)25(27-26-24)31-19(3)15-18(2)28-31/h5-11,14-15,20H,12-13,16H2,1-4H3/t20-/m1/s1. The summed E-state index contributed by atoms with van der Waals surface area (Å²) in [5, 5.41) is 16.2. The average molecular weight is 413 g/mol. The Morgan fingerprint density at radius 2 is 1.58 bits per heavy atom. The minimum absolute atomic E-state index is 0.381. The second-order valence-electron chi connectivity index (χ2n) is 8.56. The van der Waals surface area contributed by atoms with Gasteiger partial charge in [-0.25, -0.2) is 4.68 Å². The smallest absolute Gasteiger partial charge is 0.183 e. The monoisotopic (exact) mass is 412 g/mol. The van der Waals surface area contributed by atoms with Gasteiger partial charge in [0.25, 0.3) is 0 Å². The number of rotatable bonds is 3. The van der Waals surface area contributed by atoms with E-state index in [1.54, 1.807) is 0 Å². The Bertz CT molecular complexity index is 1240. The number of anilines is 2. The summed E-state index contributed by atoms with van der Waals surface area (Å²) >= 11 is 0. The van der Waals surface area contributed by atoms with Crippen molar-refractivity contribution < 1.29 is 0 Å². The van der Waals surface area contributed by atoms with Crippen LogP contribution in [0.1, 0.15) is 23.9 Å². The summed E-state index contributed by atoms with van der Waals surface area (Å²) < 4.78 is 1.90. The molecule has 0 unspecified atom stereocenters. The second-order valence-corrected chi connectivity index (χ2v) is 8.56. The van der Waals surface area contributed by atoms with Crippen LogP contribution in [0.3, 0.4) is 0 Å². The molecule has 2 aromatic carbocycles.